The fraction of sp³-hybridized carbons (Fsp3) is 0.458. The number of fused-ring (bicyclic) bond motifs is 1. The van der Waals surface area contributed by atoms with E-state index in [1.807, 2.05) is 12.3 Å². The molecule has 36 heavy (non-hydrogen) atoms. The molecule has 0 aliphatic carbocycles. The SMILES string of the molecule is Cc1nc(Nc2nc(NCCCN3CCOCC3)c3c(n2)N(Cc2cccnc2)CC3)sc1C(=O)O. The van der Waals surface area contributed by atoms with Gasteiger partial charge in [0.15, 0.2) is 5.13 Å². The fourth-order valence-electron chi connectivity index (χ4n) is 4.46. The topological polar surface area (TPSA) is 129 Å². The van der Waals surface area contributed by atoms with E-state index in [4.69, 9.17) is 14.7 Å². The van der Waals surface area contributed by atoms with Crippen molar-refractivity contribution >= 4 is 40.0 Å². The van der Waals surface area contributed by atoms with Gasteiger partial charge >= 0.3 is 5.97 Å². The van der Waals surface area contributed by atoms with E-state index in [0.717, 1.165) is 92.9 Å². The van der Waals surface area contributed by atoms with E-state index in [-0.39, 0.29) is 4.88 Å². The summed E-state index contributed by atoms with van der Waals surface area (Å²) in [6.07, 6.45) is 5.48. The van der Waals surface area contributed by atoms with Gasteiger partial charge in [-0.05, 0) is 37.9 Å². The van der Waals surface area contributed by atoms with Gasteiger partial charge in [0.2, 0.25) is 5.95 Å². The third kappa shape index (κ3) is 5.72. The summed E-state index contributed by atoms with van der Waals surface area (Å²) in [6, 6.07) is 3.99. The molecular formula is C24H30N8O3S. The number of carbonyl (C=O) groups is 1. The molecule has 1 saturated heterocycles. The van der Waals surface area contributed by atoms with Crippen molar-refractivity contribution in [3.8, 4) is 0 Å². The van der Waals surface area contributed by atoms with Crippen LogP contribution in [0.2, 0.25) is 0 Å². The van der Waals surface area contributed by atoms with Crippen LogP contribution < -0.4 is 15.5 Å². The quantitative estimate of drug-likeness (QED) is 0.348. The highest BCUT2D eigenvalue weighted by molar-refractivity contribution is 7.17. The van der Waals surface area contributed by atoms with Crippen LogP contribution in [0.1, 0.15) is 32.9 Å². The normalized spacial score (nSPS) is 15.6. The minimum absolute atomic E-state index is 0.207. The van der Waals surface area contributed by atoms with Gasteiger partial charge < -0.3 is 20.1 Å². The highest BCUT2D eigenvalue weighted by atomic mass is 32.1. The molecule has 3 aromatic heterocycles. The van der Waals surface area contributed by atoms with E-state index < -0.39 is 5.97 Å². The molecule has 11 nitrogen and oxygen atoms in total. The fourth-order valence-corrected chi connectivity index (χ4v) is 5.26. The summed E-state index contributed by atoms with van der Waals surface area (Å²) in [5, 5.41) is 16.5. The number of anilines is 4. The Morgan fingerprint density at radius 2 is 2.08 bits per heavy atom. The molecule has 0 radical (unpaired) electrons. The van der Waals surface area contributed by atoms with E-state index in [1.54, 1.807) is 13.1 Å². The standard InChI is InChI=1S/C24H30N8O3S/c1-16-19(22(33)34)36-24(27-16)30-23-28-20(26-7-3-8-31-10-12-35-13-11-31)18-5-9-32(21(18)29-23)15-17-4-2-6-25-14-17/h2,4,6,14H,3,5,7-13,15H2,1H3,(H,33,34)(H2,26,27,28,29,30). The van der Waals surface area contributed by atoms with Crippen LogP contribution >= 0.6 is 11.3 Å². The Balaban J connectivity index is 1.35. The van der Waals surface area contributed by atoms with Crippen LogP contribution in [0, 0.1) is 6.92 Å². The predicted octanol–water partition coefficient (Wildman–Crippen LogP) is 2.78. The second kappa shape index (κ2) is 11.1. The maximum Gasteiger partial charge on any atom is 0.347 e. The molecule has 0 spiro atoms. The van der Waals surface area contributed by atoms with Crippen LogP contribution in [0.4, 0.5) is 22.7 Å². The predicted molar refractivity (Wildman–Crippen MR) is 138 cm³/mol. The first-order valence-corrected chi connectivity index (χ1v) is 12.9. The molecule has 12 heteroatoms. The molecule has 3 aromatic rings. The van der Waals surface area contributed by atoms with Gasteiger partial charge in [0.25, 0.3) is 0 Å². The van der Waals surface area contributed by atoms with Gasteiger partial charge in [-0.2, -0.15) is 9.97 Å². The molecule has 0 amide bonds. The Hall–Kier alpha value is -3.35. The third-order valence-corrected chi connectivity index (χ3v) is 7.33. The number of aromatic carboxylic acids is 1. The Labute approximate surface area is 213 Å². The van der Waals surface area contributed by atoms with Gasteiger partial charge in [0.1, 0.15) is 16.5 Å². The van der Waals surface area contributed by atoms with Crippen molar-refractivity contribution in [2.24, 2.45) is 0 Å². The minimum Gasteiger partial charge on any atom is -0.477 e. The summed E-state index contributed by atoms with van der Waals surface area (Å²) in [5.41, 5.74) is 2.67. The number of nitrogens with one attached hydrogen (secondary N) is 2. The number of nitrogens with zero attached hydrogens (tertiary/aromatic N) is 6. The molecule has 5 rings (SSSR count). The number of rotatable bonds is 10. The van der Waals surface area contributed by atoms with Crippen molar-refractivity contribution < 1.29 is 14.6 Å². The van der Waals surface area contributed by atoms with Crippen LogP contribution in [0.3, 0.4) is 0 Å². The molecule has 3 N–H and O–H groups in total. The number of aromatic nitrogens is 4. The second-order valence-corrected chi connectivity index (χ2v) is 9.83. The molecule has 0 unspecified atom stereocenters. The Morgan fingerprint density at radius 1 is 1.22 bits per heavy atom. The summed E-state index contributed by atoms with van der Waals surface area (Å²) in [4.78, 5) is 34.5. The van der Waals surface area contributed by atoms with E-state index in [2.05, 4.69) is 36.5 Å². The summed E-state index contributed by atoms with van der Waals surface area (Å²) >= 11 is 1.08. The average molecular weight is 511 g/mol. The van der Waals surface area contributed by atoms with Gasteiger partial charge in [0.05, 0.1) is 18.9 Å². The van der Waals surface area contributed by atoms with E-state index in [9.17, 15) is 9.90 Å². The van der Waals surface area contributed by atoms with Crippen LogP contribution in [-0.4, -0.2) is 81.8 Å². The maximum absolute atomic E-state index is 11.5. The highest BCUT2D eigenvalue weighted by Crippen LogP contribution is 2.34. The molecule has 5 heterocycles. The van der Waals surface area contributed by atoms with Crippen molar-refractivity contribution in [1.82, 2.24) is 24.8 Å². The number of carboxylic acids is 1. The van der Waals surface area contributed by atoms with Gasteiger partial charge in [-0.1, -0.05) is 17.4 Å². The number of thiazole rings is 1. The summed E-state index contributed by atoms with van der Waals surface area (Å²) in [7, 11) is 0. The lowest BCUT2D eigenvalue weighted by Crippen LogP contribution is -2.37. The van der Waals surface area contributed by atoms with Crippen molar-refractivity contribution in [2.75, 3.05) is 61.5 Å². The van der Waals surface area contributed by atoms with E-state index >= 15 is 0 Å². The molecule has 2 aliphatic heterocycles. The smallest absolute Gasteiger partial charge is 0.347 e. The summed E-state index contributed by atoms with van der Waals surface area (Å²) in [6.45, 7) is 8.59. The first-order valence-electron chi connectivity index (χ1n) is 12.1. The van der Waals surface area contributed by atoms with E-state index in [0.29, 0.717) is 23.3 Å². The first kappa shape index (κ1) is 24.3. The lowest BCUT2D eigenvalue weighted by molar-refractivity contribution is 0.0378. The van der Waals surface area contributed by atoms with E-state index in [1.165, 1.54) is 0 Å². The first-order chi connectivity index (χ1) is 17.6. The van der Waals surface area contributed by atoms with Crippen molar-refractivity contribution in [1.29, 1.82) is 0 Å². The number of hydrogen-bond donors (Lipinski definition) is 3. The molecule has 190 valence electrons. The highest BCUT2D eigenvalue weighted by Gasteiger charge is 2.26. The average Bonchev–Trinajstić information content (AvgIpc) is 3.46. The van der Waals surface area contributed by atoms with Crippen molar-refractivity contribution in [3.63, 3.8) is 0 Å². The Bertz CT molecular complexity index is 1200. The zero-order chi connectivity index (χ0) is 24.9. The number of carboxylic acid groups (broad SMARTS) is 1. The Kier molecular flexibility index (Phi) is 7.54. The molecule has 1 fully saturated rings. The van der Waals surface area contributed by atoms with Gasteiger partial charge in [-0.15, -0.1) is 0 Å². The van der Waals surface area contributed by atoms with Gasteiger partial charge in [-0.25, -0.2) is 9.78 Å². The number of pyridine rings is 1. The molecule has 0 atom stereocenters. The molecule has 0 aromatic carbocycles. The molecular weight excluding hydrogens is 480 g/mol. The molecule has 2 aliphatic rings. The van der Waals surface area contributed by atoms with Crippen LogP contribution in [0.15, 0.2) is 24.5 Å². The van der Waals surface area contributed by atoms with Crippen molar-refractivity contribution in [3.05, 3.63) is 46.2 Å². The zero-order valence-electron chi connectivity index (χ0n) is 20.2. The lowest BCUT2D eigenvalue weighted by atomic mass is 10.2. The molecule has 0 bridgehead atoms. The van der Waals surface area contributed by atoms with Crippen molar-refractivity contribution in [2.45, 2.75) is 26.3 Å². The maximum atomic E-state index is 11.5. The third-order valence-electron chi connectivity index (χ3n) is 6.27. The monoisotopic (exact) mass is 510 g/mol. The van der Waals surface area contributed by atoms with Gasteiger partial charge in [0, 0.05) is 50.7 Å². The number of morpholine rings is 1. The minimum atomic E-state index is -0.988. The van der Waals surface area contributed by atoms with Gasteiger partial charge in [-0.3, -0.25) is 15.2 Å². The number of aryl methyl sites for hydroxylation is 1. The summed E-state index contributed by atoms with van der Waals surface area (Å²) < 4.78 is 5.44. The zero-order valence-corrected chi connectivity index (χ0v) is 21.1. The van der Waals surface area contributed by atoms with Crippen LogP contribution in [0.25, 0.3) is 0 Å². The van der Waals surface area contributed by atoms with Crippen LogP contribution in [0.5, 0.6) is 0 Å². The largest absolute Gasteiger partial charge is 0.477 e. The molecule has 0 saturated carbocycles. The lowest BCUT2D eigenvalue weighted by Gasteiger charge is -2.26. The number of hydrogen-bond acceptors (Lipinski definition) is 11. The Morgan fingerprint density at radius 3 is 2.83 bits per heavy atom. The number of ether oxygens (including phenoxy) is 1. The summed E-state index contributed by atoms with van der Waals surface area (Å²) in [5.74, 6) is 1.09. The second-order valence-electron chi connectivity index (χ2n) is 8.83. The van der Waals surface area contributed by atoms with Crippen LogP contribution in [-0.2, 0) is 17.7 Å².